The van der Waals surface area contributed by atoms with Crippen LogP contribution in [0.5, 0.6) is 0 Å². The fourth-order valence-corrected chi connectivity index (χ4v) is 0.482. The van der Waals surface area contributed by atoms with Crippen molar-refractivity contribution in [2.75, 3.05) is 0 Å². The van der Waals surface area contributed by atoms with E-state index in [2.05, 4.69) is 0 Å². The summed E-state index contributed by atoms with van der Waals surface area (Å²) in [6.07, 6.45) is 0. The minimum Gasteiger partial charge on any atom is -0.295 e. The van der Waals surface area contributed by atoms with Gasteiger partial charge in [0.2, 0.25) is 0 Å². The molecule has 0 fully saturated rings. The standard InChI is InChI=1S/C9H7NO/c1-7(11)9-4-2-8(6-10)3-5-9/h2-5H,1H3/i1D3,2D,3D,4D,5D. The third-order valence-electron chi connectivity index (χ3n) is 0.964. The zero-order valence-corrected chi connectivity index (χ0v) is 5.36. The van der Waals surface area contributed by atoms with Crippen molar-refractivity contribution in [3.8, 4) is 6.07 Å². The van der Waals surface area contributed by atoms with E-state index in [0.29, 0.717) is 0 Å². The van der Waals surface area contributed by atoms with Gasteiger partial charge in [0.05, 0.1) is 17.1 Å². The highest BCUT2D eigenvalue weighted by Crippen LogP contribution is 2.03. The topological polar surface area (TPSA) is 40.9 Å². The van der Waals surface area contributed by atoms with Gasteiger partial charge in [0.25, 0.3) is 0 Å². The first-order chi connectivity index (χ1) is 8.12. The lowest BCUT2D eigenvalue weighted by atomic mass is 10.1. The highest BCUT2D eigenvalue weighted by Gasteiger charge is 1.96. The molecule has 0 aliphatic carbocycles. The van der Waals surface area contributed by atoms with Crippen molar-refractivity contribution in [1.29, 1.82) is 5.26 Å². The number of benzene rings is 1. The van der Waals surface area contributed by atoms with Gasteiger partial charge in [-0.2, -0.15) is 5.26 Å². The molecule has 0 heterocycles. The molecule has 1 aromatic rings. The van der Waals surface area contributed by atoms with Crippen LogP contribution in [-0.4, -0.2) is 5.78 Å². The molecular formula is C9H7NO. The second kappa shape index (κ2) is 2.98. The number of nitriles is 1. The minimum absolute atomic E-state index is 0.521. The highest BCUT2D eigenvalue weighted by molar-refractivity contribution is 5.94. The summed E-state index contributed by atoms with van der Waals surface area (Å²) in [5, 5.41) is 8.68. The summed E-state index contributed by atoms with van der Waals surface area (Å²) in [5.41, 5.74) is -1.34. The Balaban J connectivity index is 3.70. The Labute approximate surface area is 74.9 Å². The van der Waals surface area contributed by atoms with Gasteiger partial charge in [-0.25, -0.2) is 0 Å². The molecule has 0 radical (unpaired) electrons. The van der Waals surface area contributed by atoms with E-state index in [1.165, 1.54) is 6.07 Å². The van der Waals surface area contributed by atoms with Crippen LogP contribution in [0.2, 0.25) is 0 Å². The maximum atomic E-state index is 11.6. The van der Waals surface area contributed by atoms with Crippen LogP contribution in [0.4, 0.5) is 0 Å². The van der Waals surface area contributed by atoms with Crippen molar-refractivity contribution in [2.24, 2.45) is 0 Å². The minimum atomic E-state index is -3.06. The van der Waals surface area contributed by atoms with E-state index >= 15 is 0 Å². The van der Waals surface area contributed by atoms with Gasteiger partial charge in [-0.05, 0) is 18.9 Å². The van der Waals surface area contributed by atoms with Crippen LogP contribution in [0.15, 0.2) is 24.2 Å². The number of nitrogens with zero attached hydrogens (tertiary/aromatic N) is 1. The average molecular weight is 152 g/mol. The third kappa shape index (κ3) is 1.65. The van der Waals surface area contributed by atoms with E-state index < -0.39 is 47.9 Å². The van der Waals surface area contributed by atoms with Gasteiger partial charge >= 0.3 is 0 Å². The van der Waals surface area contributed by atoms with Crippen molar-refractivity contribution < 1.29 is 14.4 Å². The molecule has 0 aromatic heterocycles. The van der Waals surface area contributed by atoms with Crippen LogP contribution < -0.4 is 0 Å². The van der Waals surface area contributed by atoms with E-state index in [0.717, 1.165) is 0 Å². The molecule has 2 heteroatoms. The molecule has 0 aliphatic rings. The van der Waals surface area contributed by atoms with Crippen LogP contribution in [-0.2, 0) is 0 Å². The molecule has 1 rings (SSSR count). The molecule has 0 saturated heterocycles. The first-order valence-electron chi connectivity index (χ1n) is 6.18. The molecular weight excluding hydrogens is 138 g/mol. The number of hydrogen-bond acceptors (Lipinski definition) is 2. The Kier molecular flexibility index (Phi) is 0.665. The molecule has 0 spiro atoms. The predicted octanol–water partition coefficient (Wildman–Crippen LogP) is 1.76. The zero-order valence-electron chi connectivity index (χ0n) is 12.4. The van der Waals surface area contributed by atoms with E-state index in [4.69, 9.17) is 14.9 Å². The summed E-state index contributed by atoms with van der Waals surface area (Å²) in [7, 11) is 0. The average Bonchev–Trinajstić information content (AvgIpc) is 2.26. The molecule has 0 atom stereocenters. The number of rotatable bonds is 1. The first-order valence-corrected chi connectivity index (χ1v) is 2.68. The fraction of sp³-hybridized carbons (Fsp3) is 0.111. The molecule has 0 bridgehead atoms. The van der Waals surface area contributed by atoms with Gasteiger partial charge in [-0.3, -0.25) is 4.79 Å². The van der Waals surface area contributed by atoms with E-state index in [-0.39, 0.29) is 0 Å². The zero-order chi connectivity index (χ0) is 14.2. The van der Waals surface area contributed by atoms with Crippen LogP contribution >= 0.6 is 0 Å². The van der Waals surface area contributed by atoms with E-state index in [1.54, 1.807) is 0 Å². The van der Waals surface area contributed by atoms with Gasteiger partial charge in [0, 0.05) is 9.68 Å². The smallest absolute Gasteiger partial charge is 0.159 e. The summed E-state index contributed by atoms with van der Waals surface area (Å²) in [4.78, 5) is 11.6. The summed E-state index contributed by atoms with van der Waals surface area (Å²) in [5.74, 6) is -1.47. The molecule has 0 saturated carbocycles. The molecule has 54 valence electrons. The largest absolute Gasteiger partial charge is 0.295 e. The molecule has 0 N–H and O–H groups in total. The maximum absolute atomic E-state index is 11.6. The van der Waals surface area contributed by atoms with Crippen molar-refractivity contribution in [3.05, 3.63) is 35.3 Å². The van der Waals surface area contributed by atoms with Crippen LogP contribution in [0.25, 0.3) is 0 Å². The van der Waals surface area contributed by atoms with Crippen molar-refractivity contribution in [2.45, 2.75) is 6.85 Å². The Morgan fingerprint density at radius 1 is 1.64 bits per heavy atom. The van der Waals surface area contributed by atoms with Crippen molar-refractivity contribution >= 4 is 5.78 Å². The van der Waals surface area contributed by atoms with E-state index in [1.807, 2.05) is 0 Å². The number of carbonyl (C=O) groups excluding carboxylic acids is 1. The molecule has 2 nitrogen and oxygen atoms in total. The normalized spacial score (nSPS) is 19.0. The first kappa shape index (κ1) is 2.46. The van der Waals surface area contributed by atoms with Crippen molar-refractivity contribution in [3.63, 3.8) is 0 Å². The van der Waals surface area contributed by atoms with Gasteiger partial charge in [0.15, 0.2) is 5.78 Å². The SMILES string of the molecule is [2H]c1c([2H])c(C(=O)C([2H])([2H])[2H])c([2H])c([2H])c1C#N. The van der Waals surface area contributed by atoms with E-state index in [9.17, 15) is 4.79 Å². The van der Waals surface area contributed by atoms with Gasteiger partial charge in [0.1, 0.15) is 0 Å². The summed E-state index contributed by atoms with van der Waals surface area (Å²) < 4.78 is 50.6. The number of hydrogen-bond donors (Lipinski definition) is 0. The second-order valence-corrected chi connectivity index (χ2v) is 1.69. The Morgan fingerprint density at radius 2 is 2.27 bits per heavy atom. The second-order valence-electron chi connectivity index (χ2n) is 1.69. The number of Topliss-reactive ketones (excluding diaryl/α,β-unsaturated/α-hetero) is 1. The highest BCUT2D eigenvalue weighted by atomic mass is 16.1. The number of ketones is 1. The number of carbonyl (C=O) groups is 1. The molecule has 0 amide bonds. The molecule has 0 aliphatic heterocycles. The lowest BCUT2D eigenvalue weighted by Crippen LogP contribution is -1.90. The summed E-state index contributed by atoms with van der Waals surface area (Å²) >= 11 is 0. The molecule has 0 unspecified atom stereocenters. The van der Waals surface area contributed by atoms with Crippen molar-refractivity contribution in [1.82, 2.24) is 0 Å². The quantitative estimate of drug-likeness (QED) is 0.575. The monoisotopic (exact) mass is 152 g/mol. The molecule has 11 heavy (non-hydrogen) atoms. The van der Waals surface area contributed by atoms with Crippen LogP contribution in [0, 0.1) is 11.3 Å². The fourth-order valence-electron chi connectivity index (χ4n) is 0.482. The Morgan fingerprint density at radius 3 is 2.73 bits per heavy atom. The summed E-state index contributed by atoms with van der Waals surface area (Å²) in [6.45, 7) is -3.06. The Hall–Kier alpha value is -1.62. The lowest BCUT2D eigenvalue weighted by molar-refractivity contribution is 0.101. The van der Waals surface area contributed by atoms with Gasteiger partial charge < -0.3 is 0 Å². The van der Waals surface area contributed by atoms with Crippen LogP contribution in [0.1, 0.15) is 32.4 Å². The molecule has 1 aromatic carbocycles. The van der Waals surface area contributed by atoms with Crippen LogP contribution in [0.3, 0.4) is 0 Å². The third-order valence-corrected chi connectivity index (χ3v) is 0.964. The van der Waals surface area contributed by atoms with Gasteiger partial charge in [-0.15, -0.1) is 0 Å². The predicted molar refractivity (Wildman–Crippen MR) is 41.2 cm³/mol. The maximum Gasteiger partial charge on any atom is 0.159 e. The Bertz CT molecular complexity index is 541. The lowest BCUT2D eigenvalue weighted by Gasteiger charge is -1.92. The van der Waals surface area contributed by atoms with Gasteiger partial charge in [-0.1, -0.05) is 12.1 Å². The summed E-state index contributed by atoms with van der Waals surface area (Å²) in [6, 6.07) is -1.57.